The third-order valence-electron chi connectivity index (χ3n) is 3.24. The van der Waals surface area contributed by atoms with Crippen LogP contribution in [0.4, 0.5) is 13.2 Å². The molecular formula is C10H10ClF3N2O3S. The molecule has 1 aromatic rings. The number of rotatable bonds is 2. The lowest BCUT2D eigenvalue weighted by atomic mass is 10.0. The van der Waals surface area contributed by atoms with Gasteiger partial charge in [-0.3, -0.25) is 4.79 Å². The van der Waals surface area contributed by atoms with Crippen LogP contribution in [0.3, 0.4) is 0 Å². The van der Waals surface area contributed by atoms with Gasteiger partial charge in [0.15, 0.2) is 21.8 Å². The van der Waals surface area contributed by atoms with Crippen LogP contribution in [-0.2, 0) is 21.6 Å². The van der Waals surface area contributed by atoms with E-state index in [1.54, 1.807) is 0 Å². The van der Waals surface area contributed by atoms with E-state index in [0.717, 1.165) is 4.68 Å². The van der Waals surface area contributed by atoms with E-state index in [1.807, 2.05) is 0 Å². The highest BCUT2D eigenvalue weighted by Gasteiger charge is 2.46. The molecule has 0 amide bonds. The summed E-state index contributed by atoms with van der Waals surface area (Å²) in [5.41, 5.74) is -3.36. The van der Waals surface area contributed by atoms with E-state index in [4.69, 9.17) is 11.6 Å². The summed E-state index contributed by atoms with van der Waals surface area (Å²) in [5.74, 6) is -0.519. The van der Waals surface area contributed by atoms with Gasteiger partial charge in [0.25, 0.3) is 0 Å². The molecule has 0 bridgehead atoms. The molecule has 1 aromatic heterocycles. The second-order valence-electron chi connectivity index (χ2n) is 4.92. The Bertz CT molecular complexity index is 668. The fraction of sp³-hybridized carbons (Fsp3) is 0.600. The molecule has 1 aliphatic heterocycles. The maximum Gasteiger partial charge on any atom is 0.435 e. The Morgan fingerprint density at radius 3 is 2.40 bits per heavy atom. The van der Waals surface area contributed by atoms with Gasteiger partial charge in [-0.25, -0.2) is 13.1 Å². The molecule has 1 fully saturated rings. The zero-order valence-electron chi connectivity index (χ0n) is 10.2. The van der Waals surface area contributed by atoms with Crippen LogP contribution in [0.1, 0.15) is 29.4 Å². The molecule has 10 heteroatoms. The van der Waals surface area contributed by atoms with Crippen molar-refractivity contribution in [2.45, 2.75) is 25.1 Å². The normalized spacial score (nSPS) is 25.9. The van der Waals surface area contributed by atoms with Crippen LogP contribution in [0, 0.1) is 0 Å². The van der Waals surface area contributed by atoms with Crippen LogP contribution >= 0.6 is 11.6 Å². The molecular weight excluding hydrogens is 321 g/mol. The number of alkyl halides is 3. The molecule has 1 saturated heterocycles. The SMILES string of the molecule is CC1(n2nc(C(F)(F)F)c(C=O)c2Cl)CCS(=O)(=O)C1. The molecule has 20 heavy (non-hydrogen) atoms. The van der Waals surface area contributed by atoms with Gasteiger partial charge in [0.1, 0.15) is 5.15 Å². The second-order valence-corrected chi connectivity index (χ2v) is 7.46. The molecule has 0 saturated carbocycles. The Balaban J connectivity index is 2.60. The number of nitrogens with zero attached hydrogens (tertiary/aromatic N) is 2. The molecule has 0 radical (unpaired) electrons. The van der Waals surface area contributed by atoms with Crippen molar-refractivity contribution in [1.29, 1.82) is 0 Å². The maximum absolute atomic E-state index is 12.8. The summed E-state index contributed by atoms with van der Waals surface area (Å²) in [5, 5.41) is 2.84. The quantitative estimate of drug-likeness (QED) is 0.777. The van der Waals surface area contributed by atoms with Crippen molar-refractivity contribution in [1.82, 2.24) is 9.78 Å². The Morgan fingerprint density at radius 2 is 2.05 bits per heavy atom. The Hall–Kier alpha value is -1.09. The van der Waals surface area contributed by atoms with Crippen molar-refractivity contribution in [2.24, 2.45) is 0 Å². The molecule has 112 valence electrons. The molecule has 2 rings (SSSR count). The van der Waals surface area contributed by atoms with E-state index in [2.05, 4.69) is 5.10 Å². The minimum atomic E-state index is -4.83. The number of aromatic nitrogens is 2. The molecule has 1 aliphatic rings. The van der Waals surface area contributed by atoms with Crippen molar-refractivity contribution in [3.63, 3.8) is 0 Å². The minimum absolute atomic E-state index is 0.0263. The molecule has 0 aromatic carbocycles. The highest BCUT2D eigenvalue weighted by molar-refractivity contribution is 7.91. The zero-order valence-corrected chi connectivity index (χ0v) is 11.8. The summed E-state index contributed by atoms with van der Waals surface area (Å²) < 4.78 is 62.2. The minimum Gasteiger partial charge on any atom is -0.298 e. The molecule has 0 N–H and O–H groups in total. The van der Waals surface area contributed by atoms with Gasteiger partial charge in [-0.2, -0.15) is 18.3 Å². The lowest BCUT2D eigenvalue weighted by Crippen LogP contribution is -2.33. The van der Waals surface area contributed by atoms with Gasteiger partial charge in [-0.05, 0) is 13.3 Å². The van der Waals surface area contributed by atoms with Gasteiger partial charge < -0.3 is 0 Å². The molecule has 1 atom stereocenters. The van der Waals surface area contributed by atoms with Crippen molar-refractivity contribution >= 4 is 27.7 Å². The number of hydrogen-bond acceptors (Lipinski definition) is 4. The largest absolute Gasteiger partial charge is 0.435 e. The molecule has 0 aliphatic carbocycles. The van der Waals surface area contributed by atoms with Crippen molar-refractivity contribution in [2.75, 3.05) is 11.5 Å². The van der Waals surface area contributed by atoms with Crippen LogP contribution < -0.4 is 0 Å². The standard InChI is InChI=1S/C10H10ClF3N2O3S/c1-9(2-3-20(18,19)5-9)16-8(11)6(4-17)7(15-16)10(12,13)14/h4H,2-3,5H2,1H3. The average Bonchev–Trinajstić information content (AvgIpc) is 2.76. The number of hydrogen-bond donors (Lipinski definition) is 0. The summed E-state index contributed by atoms with van der Waals surface area (Å²) in [4.78, 5) is 10.8. The smallest absolute Gasteiger partial charge is 0.298 e. The van der Waals surface area contributed by atoms with Crippen LogP contribution in [-0.4, -0.2) is 36.0 Å². The first-order valence-corrected chi connectivity index (χ1v) is 7.72. The Labute approximate surface area is 117 Å². The predicted octanol–water partition coefficient (Wildman–Crippen LogP) is 1.90. The van der Waals surface area contributed by atoms with Crippen molar-refractivity contribution < 1.29 is 26.4 Å². The van der Waals surface area contributed by atoms with E-state index in [9.17, 15) is 26.4 Å². The van der Waals surface area contributed by atoms with Gasteiger partial charge in [0.2, 0.25) is 0 Å². The first-order valence-electron chi connectivity index (χ1n) is 5.52. The van der Waals surface area contributed by atoms with Crippen molar-refractivity contribution in [3.05, 3.63) is 16.4 Å². The molecule has 0 spiro atoms. The number of carbonyl (C=O) groups excluding carboxylic acids is 1. The molecule has 2 heterocycles. The third-order valence-corrected chi connectivity index (χ3v) is 5.50. The van der Waals surface area contributed by atoms with E-state index >= 15 is 0 Å². The number of aldehydes is 1. The molecule has 5 nitrogen and oxygen atoms in total. The third kappa shape index (κ3) is 2.44. The van der Waals surface area contributed by atoms with Gasteiger partial charge >= 0.3 is 6.18 Å². The van der Waals surface area contributed by atoms with Crippen LogP contribution in [0.5, 0.6) is 0 Å². The maximum atomic E-state index is 12.8. The summed E-state index contributed by atoms with van der Waals surface area (Å²) in [6.45, 7) is 1.45. The van der Waals surface area contributed by atoms with Crippen molar-refractivity contribution in [3.8, 4) is 0 Å². The number of sulfone groups is 1. The summed E-state index contributed by atoms with van der Waals surface area (Å²) >= 11 is 5.77. The van der Waals surface area contributed by atoms with Crippen LogP contribution in [0.15, 0.2) is 0 Å². The van der Waals surface area contributed by atoms with Crippen LogP contribution in [0.25, 0.3) is 0 Å². The van der Waals surface area contributed by atoms with E-state index in [1.165, 1.54) is 6.92 Å². The Kier molecular flexibility index (Phi) is 3.41. The second kappa shape index (κ2) is 4.45. The van der Waals surface area contributed by atoms with E-state index < -0.39 is 38.0 Å². The number of carbonyl (C=O) groups is 1. The van der Waals surface area contributed by atoms with Gasteiger partial charge in [-0.1, -0.05) is 11.6 Å². The average molecular weight is 331 g/mol. The lowest BCUT2D eigenvalue weighted by molar-refractivity contribution is -0.141. The van der Waals surface area contributed by atoms with Gasteiger partial charge in [0.05, 0.1) is 22.6 Å². The predicted molar refractivity (Wildman–Crippen MR) is 64.5 cm³/mol. The van der Waals surface area contributed by atoms with E-state index in [-0.39, 0.29) is 24.2 Å². The van der Waals surface area contributed by atoms with Gasteiger partial charge in [0, 0.05) is 0 Å². The summed E-state index contributed by atoms with van der Waals surface area (Å²) in [7, 11) is -3.35. The topological polar surface area (TPSA) is 69.0 Å². The zero-order chi connectivity index (χ0) is 15.3. The first kappa shape index (κ1) is 15.3. The highest BCUT2D eigenvalue weighted by atomic mass is 35.5. The van der Waals surface area contributed by atoms with E-state index in [0.29, 0.717) is 0 Å². The summed E-state index contributed by atoms with van der Waals surface area (Å²) in [6.07, 6.45) is -4.77. The summed E-state index contributed by atoms with van der Waals surface area (Å²) in [6, 6.07) is 0. The fourth-order valence-electron chi connectivity index (χ4n) is 2.24. The molecule has 1 unspecified atom stereocenters. The number of halogens is 4. The van der Waals surface area contributed by atoms with Gasteiger partial charge in [-0.15, -0.1) is 0 Å². The fourth-order valence-corrected chi connectivity index (χ4v) is 4.73. The Morgan fingerprint density at radius 1 is 1.45 bits per heavy atom. The highest BCUT2D eigenvalue weighted by Crippen LogP contribution is 2.38. The van der Waals surface area contributed by atoms with Crippen LogP contribution in [0.2, 0.25) is 5.15 Å². The first-order chi connectivity index (χ1) is 9.00. The monoisotopic (exact) mass is 330 g/mol. The lowest BCUT2D eigenvalue weighted by Gasteiger charge is -2.23.